The van der Waals surface area contributed by atoms with E-state index in [4.69, 9.17) is 0 Å². The molecule has 1 amide bonds. The fourth-order valence-corrected chi connectivity index (χ4v) is 1.80. The summed E-state index contributed by atoms with van der Waals surface area (Å²) in [6, 6.07) is 0. The second kappa shape index (κ2) is 9.68. The molecule has 0 bridgehead atoms. The number of hydrogen-bond donors (Lipinski definition) is 0. The van der Waals surface area contributed by atoms with Crippen molar-refractivity contribution >= 4 is 5.91 Å². The molecule has 0 aromatic rings. The lowest BCUT2D eigenvalue weighted by Crippen LogP contribution is -2.35. The molecule has 0 radical (unpaired) electrons. The van der Waals surface area contributed by atoms with Crippen molar-refractivity contribution in [3.8, 4) is 0 Å². The summed E-state index contributed by atoms with van der Waals surface area (Å²) in [6.07, 6.45) is 7.21. The second-order valence-corrected chi connectivity index (χ2v) is 4.89. The lowest BCUT2D eigenvalue weighted by molar-refractivity contribution is -0.134. The molecule has 0 spiro atoms. The normalized spacial score (nSPS) is 10.8. The number of carbonyl (C=O) groups is 1. The van der Waals surface area contributed by atoms with Gasteiger partial charge in [0, 0.05) is 19.0 Å². The lowest BCUT2D eigenvalue weighted by Gasteiger charge is -2.24. The highest BCUT2D eigenvalue weighted by atomic mass is 16.2. The summed E-state index contributed by atoms with van der Waals surface area (Å²) in [7, 11) is 0. The number of nitrogens with zero attached hydrogens (tertiary/aromatic N) is 1. The summed E-state index contributed by atoms with van der Waals surface area (Å²) in [6.45, 7) is 10.3. The first-order valence-electron chi connectivity index (χ1n) is 6.92. The molecule has 16 heavy (non-hydrogen) atoms. The maximum absolute atomic E-state index is 12.0. The van der Waals surface area contributed by atoms with Crippen LogP contribution in [-0.2, 0) is 4.79 Å². The van der Waals surface area contributed by atoms with Gasteiger partial charge in [0.2, 0.25) is 5.91 Å². The van der Waals surface area contributed by atoms with Crippen molar-refractivity contribution in [3.05, 3.63) is 0 Å². The van der Waals surface area contributed by atoms with Gasteiger partial charge in [-0.3, -0.25) is 4.79 Å². The third-order valence-corrected chi connectivity index (χ3v) is 2.87. The van der Waals surface area contributed by atoms with E-state index in [0.717, 1.165) is 25.9 Å². The Morgan fingerprint density at radius 3 is 1.69 bits per heavy atom. The van der Waals surface area contributed by atoms with E-state index >= 15 is 0 Å². The summed E-state index contributed by atoms with van der Waals surface area (Å²) < 4.78 is 0. The average Bonchev–Trinajstić information content (AvgIpc) is 2.26. The average molecular weight is 227 g/mol. The van der Waals surface area contributed by atoms with Crippen molar-refractivity contribution in [2.24, 2.45) is 5.92 Å². The zero-order valence-corrected chi connectivity index (χ0v) is 11.6. The first-order chi connectivity index (χ1) is 7.63. The van der Waals surface area contributed by atoms with Crippen LogP contribution in [0.1, 0.15) is 66.2 Å². The summed E-state index contributed by atoms with van der Waals surface area (Å²) in [5.74, 6) is 0.468. The number of amides is 1. The fraction of sp³-hybridized carbons (Fsp3) is 0.929. The molecule has 0 aliphatic rings. The van der Waals surface area contributed by atoms with Gasteiger partial charge in [-0.25, -0.2) is 0 Å². The summed E-state index contributed by atoms with van der Waals surface area (Å²) in [4.78, 5) is 14.0. The number of unbranched alkanes of at least 4 members (excludes halogenated alkanes) is 4. The SMILES string of the molecule is CCCCCN(CCCCC)C(=O)C(C)C. The Bertz CT molecular complexity index is 168. The van der Waals surface area contributed by atoms with Crippen molar-refractivity contribution in [2.45, 2.75) is 66.2 Å². The van der Waals surface area contributed by atoms with E-state index in [2.05, 4.69) is 18.7 Å². The van der Waals surface area contributed by atoms with Gasteiger partial charge in [0.25, 0.3) is 0 Å². The summed E-state index contributed by atoms with van der Waals surface area (Å²) >= 11 is 0. The Morgan fingerprint density at radius 1 is 0.938 bits per heavy atom. The minimum Gasteiger partial charge on any atom is -0.342 e. The van der Waals surface area contributed by atoms with E-state index in [1.807, 2.05) is 13.8 Å². The number of hydrogen-bond acceptors (Lipinski definition) is 1. The van der Waals surface area contributed by atoms with E-state index in [1.165, 1.54) is 25.7 Å². The van der Waals surface area contributed by atoms with Crippen LogP contribution in [0.5, 0.6) is 0 Å². The fourth-order valence-electron chi connectivity index (χ4n) is 1.80. The predicted molar refractivity (Wildman–Crippen MR) is 70.5 cm³/mol. The molecular formula is C14H29NO. The molecule has 2 nitrogen and oxygen atoms in total. The Hall–Kier alpha value is -0.530. The molecule has 0 heterocycles. The van der Waals surface area contributed by atoms with E-state index < -0.39 is 0 Å². The zero-order chi connectivity index (χ0) is 12.4. The van der Waals surface area contributed by atoms with Crippen LogP contribution in [0, 0.1) is 5.92 Å². The molecule has 96 valence electrons. The van der Waals surface area contributed by atoms with Crippen LogP contribution >= 0.6 is 0 Å². The molecule has 0 aliphatic heterocycles. The largest absolute Gasteiger partial charge is 0.342 e. The third-order valence-electron chi connectivity index (χ3n) is 2.87. The number of carbonyl (C=O) groups excluding carboxylic acids is 1. The van der Waals surface area contributed by atoms with Crippen molar-refractivity contribution in [3.63, 3.8) is 0 Å². The molecule has 0 saturated heterocycles. The van der Waals surface area contributed by atoms with Crippen molar-refractivity contribution < 1.29 is 4.79 Å². The van der Waals surface area contributed by atoms with Gasteiger partial charge in [-0.1, -0.05) is 53.4 Å². The van der Waals surface area contributed by atoms with Gasteiger partial charge in [0.15, 0.2) is 0 Å². The van der Waals surface area contributed by atoms with Gasteiger partial charge < -0.3 is 4.90 Å². The van der Waals surface area contributed by atoms with Gasteiger partial charge in [-0.15, -0.1) is 0 Å². The first-order valence-corrected chi connectivity index (χ1v) is 6.92. The highest BCUT2D eigenvalue weighted by molar-refractivity contribution is 5.78. The molecule has 0 saturated carbocycles. The van der Waals surface area contributed by atoms with Crippen LogP contribution in [-0.4, -0.2) is 23.9 Å². The van der Waals surface area contributed by atoms with Crippen LogP contribution in [0.4, 0.5) is 0 Å². The maximum atomic E-state index is 12.0. The van der Waals surface area contributed by atoms with Gasteiger partial charge >= 0.3 is 0 Å². The van der Waals surface area contributed by atoms with Crippen LogP contribution in [0.3, 0.4) is 0 Å². The highest BCUT2D eigenvalue weighted by Crippen LogP contribution is 2.07. The molecule has 0 unspecified atom stereocenters. The molecule has 0 N–H and O–H groups in total. The quantitative estimate of drug-likeness (QED) is 0.548. The van der Waals surface area contributed by atoms with Crippen molar-refractivity contribution in [1.29, 1.82) is 0 Å². The Kier molecular flexibility index (Phi) is 9.36. The highest BCUT2D eigenvalue weighted by Gasteiger charge is 2.15. The maximum Gasteiger partial charge on any atom is 0.225 e. The molecule has 0 aromatic carbocycles. The first kappa shape index (κ1) is 15.5. The Balaban J connectivity index is 4.00. The molecule has 0 atom stereocenters. The van der Waals surface area contributed by atoms with Crippen LogP contribution in [0.25, 0.3) is 0 Å². The second-order valence-electron chi connectivity index (χ2n) is 4.89. The topological polar surface area (TPSA) is 20.3 Å². The zero-order valence-electron chi connectivity index (χ0n) is 11.6. The third kappa shape index (κ3) is 6.86. The van der Waals surface area contributed by atoms with E-state index in [1.54, 1.807) is 0 Å². The van der Waals surface area contributed by atoms with Crippen molar-refractivity contribution in [1.82, 2.24) is 4.90 Å². The lowest BCUT2D eigenvalue weighted by atomic mass is 10.1. The van der Waals surface area contributed by atoms with Gasteiger partial charge in [0.1, 0.15) is 0 Å². The number of rotatable bonds is 9. The van der Waals surface area contributed by atoms with Crippen LogP contribution in [0.15, 0.2) is 0 Å². The van der Waals surface area contributed by atoms with Crippen LogP contribution < -0.4 is 0 Å². The van der Waals surface area contributed by atoms with Gasteiger partial charge in [-0.05, 0) is 12.8 Å². The van der Waals surface area contributed by atoms with Crippen LogP contribution in [0.2, 0.25) is 0 Å². The molecule has 2 heteroatoms. The Morgan fingerprint density at radius 2 is 1.38 bits per heavy atom. The van der Waals surface area contributed by atoms with E-state index in [-0.39, 0.29) is 5.92 Å². The minimum atomic E-state index is 0.142. The molecule has 0 aromatic heterocycles. The molecule has 0 aliphatic carbocycles. The standard InChI is InChI=1S/C14H29NO/c1-5-7-9-11-15(12-10-8-6-2)14(16)13(3)4/h13H,5-12H2,1-4H3. The molecular weight excluding hydrogens is 198 g/mol. The molecule has 0 rings (SSSR count). The Labute approximate surface area is 101 Å². The monoisotopic (exact) mass is 227 g/mol. The van der Waals surface area contributed by atoms with Gasteiger partial charge in [-0.2, -0.15) is 0 Å². The van der Waals surface area contributed by atoms with Gasteiger partial charge in [0.05, 0.1) is 0 Å². The molecule has 0 fully saturated rings. The predicted octanol–water partition coefficient (Wildman–Crippen LogP) is 3.85. The smallest absolute Gasteiger partial charge is 0.225 e. The van der Waals surface area contributed by atoms with Crippen molar-refractivity contribution in [2.75, 3.05) is 13.1 Å². The summed E-state index contributed by atoms with van der Waals surface area (Å²) in [5.41, 5.74) is 0. The van der Waals surface area contributed by atoms with E-state index in [9.17, 15) is 4.79 Å². The summed E-state index contributed by atoms with van der Waals surface area (Å²) in [5, 5.41) is 0. The minimum absolute atomic E-state index is 0.142. The van der Waals surface area contributed by atoms with E-state index in [0.29, 0.717) is 5.91 Å².